The van der Waals surface area contributed by atoms with Gasteiger partial charge in [-0.25, -0.2) is 19.2 Å². The van der Waals surface area contributed by atoms with Gasteiger partial charge in [-0.1, -0.05) is 114 Å². The molecule has 0 fully saturated rings. The summed E-state index contributed by atoms with van der Waals surface area (Å²) in [6.07, 6.45) is 5.99. The third-order valence-electron chi connectivity index (χ3n) is 8.58. The molecule has 0 aliphatic carbocycles. The Labute approximate surface area is 307 Å². The first kappa shape index (κ1) is 39.5. The van der Waals surface area contributed by atoms with Crippen LogP contribution in [0, 0.1) is 0 Å². The summed E-state index contributed by atoms with van der Waals surface area (Å²) in [7, 11) is 0. The summed E-state index contributed by atoms with van der Waals surface area (Å²) in [5.41, 5.74) is 4.11. The standard InChI is InChI=1S/C44H50O8/c1-5-9-23-49-41(45)37-27-33(31-19-15-13-16-20-31)35(29-39(37)43(47)51-25-11-7-3)36-30-40(44(48)52-26-12-8-4)38(42(46)50-24-10-6-2)28-34(36)32-21-17-14-18-22-32/h13-22,27-30H,5-12,23-26H2,1-4H3. The minimum Gasteiger partial charge on any atom is -0.462 e. The number of carbonyl (C=O) groups excluding carboxylic acids is 4. The summed E-state index contributed by atoms with van der Waals surface area (Å²) in [6, 6.07) is 25.6. The molecule has 0 N–H and O–H groups in total. The Kier molecular flexibility index (Phi) is 15.6. The second-order valence-corrected chi connectivity index (χ2v) is 12.6. The molecule has 0 saturated heterocycles. The van der Waals surface area contributed by atoms with E-state index in [-0.39, 0.29) is 48.7 Å². The van der Waals surface area contributed by atoms with Crippen LogP contribution in [0.5, 0.6) is 0 Å². The van der Waals surface area contributed by atoms with Crippen molar-refractivity contribution in [3.63, 3.8) is 0 Å². The van der Waals surface area contributed by atoms with Gasteiger partial charge < -0.3 is 18.9 Å². The quantitative estimate of drug-likeness (QED) is 0.0539. The van der Waals surface area contributed by atoms with Gasteiger partial charge in [0.1, 0.15) is 0 Å². The van der Waals surface area contributed by atoms with Crippen LogP contribution in [-0.2, 0) is 18.9 Å². The van der Waals surface area contributed by atoms with E-state index in [1.165, 1.54) is 0 Å². The van der Waals surface area contributed by atoms with Crippen LogP contribution < -0.4 is 0 Å². The molecular formula is C44H50O8. The van der Waals surface area contributed by atoms with E-state index >= 15 is 0 Å². The van der Waals surface area contributed by atoms with E-state index in [1.54, 1.807) is 24.3 Å². The Balaban J connectivity index is 2.08. The van der Waals surface area contributed by atoms with Crippen LogP contribution in [-0.4, -0.2) is 50.3 Å². The molecule has 8 heteroatoms. The highest BCUT2D eigenvalue weighted by Gasteiger charge is 2.28. The highest BCUT2D eigenvalue weighted by atomic mass is 16.5. The topological polar surface area (TPSA) is 105 Å². The maximum absolute atomic E-state index is 13.8. The second-order valence-electron chi connectivity index (χ2n) is 12.6. The SMILES string of the molecule is CCCCOC(=O)c1cc(-c2ccccc2)c(-c2cc(C(=O)OCCCC)c(C(=O)OCCCC)cc2-c2ccccc2)cc1C(=O)OCCCC. The number of carbonyl (C=O) groups is 4. The summed E-state index contributed by atoms with van der Waals surface area (Å²) in [4.78, 5) is 54.9. The van der Waals surface area contributed by atoms with Crippen molar-refractivity contribution in [1.82, 2.24) is 0 Å². The van der Waals surface area contributed by atoms with Crippen molar-refractivity contribution in [3.8, 4) is 33.4 Å². The number of ether oxygens (including phenoxy) is 4. The fourth-order valence-corrected chi connectivity index (χ4v) is 5.58. The summed E-state index contributed by atoms with van der Waals surface area (Å²) in [5.74, 6) is -2.58. The van der Waals surface area contributed by atoms with Crippen molar-refractivity contribution in [2.24, 2.45) is 0 Å². The van der Waals surface area contributed by atoms with Crippen molar-refractivity contribution in [3.05, 3.63) is 107 Å². The van der Waals surface area contributed by atoms with E-state index in [4.69, 9.17) is 18.9 Å². The van der Waals surface area contributed by atoms with Crippen molar-refractivity contribution < 1.29 is 38.1 Å². The average molecular weight is 707 g/mol. The minimum atomic E-state index is -0.659. The van der Waals surface area contributed by atoms with Gasteiger partial charge in [-0.05, 0) is 83.3 Å². The second kappa shape index (κ2) is 20.6. The lowest BCUT2D eigenvalue weighted by molar-refractivity contribution is 0.0452. The molecule has 274 valence electrons. The van der Waals surface area contributed by atoms with Crippen LogP contribution in [0.15, 0.2) is 84.9 Å². The molecule has 4 rings (SSSR count). The van der Waals surface area contributed by atoms with Crippen LogP contribution >= 0.6 is 0 Å². The van der Waals surface area contributed by atoms with Gasteiger partial charge >= 0.3 is 23.9 Å². The molecule has 0 heterocycles. The summed E-state index contributed by atoms with van der Waals surface area (Å²) in [6.45, 7) is 8.79. The Morgan fingerprint density at radius 3 is 0.885 bits per heavy atom. The van der Waals surface area contributed by atoms with Gasteiger partial charge in [-0.15, -0.1) is 0 Å². The minimum absolute atomic E-state index is 0.0430. The van der Waals surface area contributed by atoms with Crippen LogP contribution in [0.2, 0.25) is 0 Å². The van der Waals surface area contributed by atoms with Crippen LogP contribution in [0.25, 0.3) is 33.4 Å². The number of unbranched alkanes of at least 4 members (excludes halogenated alkanes) is 4. The molecule has 0 aliphatic heterocycles. The number of hydrogen-bond acceptors (Lipinski definition) is 8. The van der Waals surface area contributed by atoms with Gasteiger partial charge in [-0.3, -0.25) is 0 Å². The monoisotopic (exact) mass is 706 g/mol. The van der Waals surface area contributed by atoms with E-state index in [1.807, 2.05) is 88.4 Å². The van der Waals surface area contributed by atoms with Gasteiger partial charge in [-0.2, -0.15) is 0 Å². The largest absolute Gasteiger partial charge is 0.462 e. The van der Waals surface area contributed by atoms with Gasteiger partial charge in [0.25, 0.3) is 0 Å². The van der Waals surface area contributed by atoms with Crippen molar-refractivity contribution >= 4 is 23.9 Å². The fourth-order valence-electron chi connectivity index (χ4n) is 5.58. The Bertz CT molecular complexity index is 1660. The molecule has 0 saturated carbocycles. The van der Waals surface area contributed by atoms with E-state index < -0.39 is 23.9 Å². The van der Waals surface area contributed by atoms with E-state index in [2.05, 4.69) is 0 Å². The molecule has 8 nitrogen and oxygen atoms in total. The molecular weight excluding hydrogens is 656 g/mol. The van der Waals surface area contributed by atoms with Crippen LogP contribution in [0.1, 0.15) is 120 Å². The zero-order valence-corrected chi connectivity index (χ0v) is 30.8. The number of esters is 4. The lowest BCUT2D eigenvalue weighted by atomic mass is 9.84. The lowest BCUT2D eigenvalue weighted by Gasteiger charge is -2.21. The highest BCUT2D eigenvalue weighted by Crippen LogP contribution is 2.42. The molecule has 0 amide bonds. The molecule has 0 aliphatic rings. The maximum atomic E-state index is 13.8. The van der Waals surface area contributed by atoms with Gasteiger partial charge in [0, 0.05) is 0 Å². The molecule has 0 spiro atoms. The first-order valence-corrected chi connectivity index (χ1v) is 18.5. The normalized spacial score (nSPS) is 10.8. The van der Waals surface area contributed by atoms with Gasteiger partial charge in [0.2, 0.25) is 0 Å². The Morgan fingerprint density at radius 1 is 0.385 bits per heavy atom. The Morgan fingerprint density at radius 2 is 0.635 bits per heavy atom. The molecule has 52 heavy (non-hydrogen) atoms. The first-order valence-electron chi connectivity index (χ1n) is 18.5. The summed E-state index contributed by atoms with van der Waals surface area (Å²) in [5, 5.41) is 0. The third-order valence-corrected chi connectivity index (χ3v) is 8.58. The van der Waals surface area contributed by atoms with Gasteiger partial charge in [0.15, 0.2) is 0 Å². The molecule has 4 aromatic rings. The van der Waals surface area contributed by atoms with Crippen molar-refractivity contribution in [2.75, 3.05) is 26.4 Å². The fraction of sp³-hybridized carbons (Fsp3) is 0.364. The van der Waals surface area contributed by atoms with Crippen molar-refractivity contribution in [2.45, 2.75) is 79.1 Å². The van der Waals surface area contributed by atoms with E-state index in [9.17, 15) is 19.2 Å². The molecule has 0 aromatic heterocycles. The van der Waals surface area contributed by atoms with Crippen molar-refractivity contribution in [1.29, 1.82) is 0 Å². The third kappa shape index (κ3) is 10.4. The Hall–Kier alpha value is -5.24. The highest BCUT2D eigenvalue weighted by molar-refractivity contribution is 6.10. The lowest BCUT2D eigenvalue weighted by Crippen LogP contribution is -2.17. The molecule has 0 bridgehead atoms. The van der Waals surface area contributed by atoms with E-state index in [0.717, 1.165) is 36.8 Å². The smallest absolute Gasteiger partial charge is 0.339 e. The zero-order chi connectivity index (χ0) is 37.3. The van der Waals surface area contributed by atoms with Gasteiger partial charge in [0.05, 0.1) is 48.7 Å². The predicted molar refractivity (Wildman–Crippen MR) is 204 cm³/mol. The first-order chi connectivity index (χ1) is 25.3. The zero-order valence-electron chi connectivity index (χ0n) is 30.8. The van der Waals surface area contributed by atoms with Crippen LogP contribution in [0.4, 0.5) is 0 Å². The predicted octanol–water partition coefficient (Wildman–Crippen LogP) is 10.5. The number of hydrogen-bond donors (Lipinski definition) is 0. The van der Waals surface area contributed by atoms with E-state index in [0.29, 0.717) is 47.9 Å². The maximum Gasteiger partial charge on any atom is 0.339 e. The van der Waals surface area contributed by atoms with Crippen LogP contribution in [0.3, 0.4) is 0 Å². The molecule has 0 atom stereocenters. The molecule has 4 aromatic carbocycles. The summed E-state index contributed by atoms with van der Waals surface area (Å²) < 4.78 is 22.6. The average Bonchev–Trinajstić information content (AvgIpc) is 3.17. The number of benzene rings is 4. The number of rotatable bonds is 19. The molecule has 0 unspecified atom stereocenters. The molecule has 0 radical (unpaired) electrons. The summed E-state index contributed by atoms with van der Waals surface area (Å²) >= 11 is 0.